The van der Waals surface area contributed by atoms with E-state index in [-0.39, 0.29) is 35.5 Å². The number of non-ortho nitro benzene ring substituents is 1. The van der Waals surface area contributed by atoms with Crippen molar-refractivity contribution in [1.29, 1.82) is 0 Å². The highest BCUT2D eigenvalue weighted by molar-refractivity contribution is 7.99. The first-order valence-electron chi connectivity index (χ1n) is 10.2. The maximum Gasteiger partial charge on any atom is 0.270 e. The molecule has 0 aliphatic heterocycles. The van der Waals surface area contributed by atoms with Gasteiger partial charge in [-0.15, -0.1) is 10.2 Å². The predicted molar refractivity (Wildman–Crippen MR) is 116 cm³/mol. The third-order valence-electron chi connectivity index (χ3n) is 5.44. The zero-order chi connectivity index (χ0) is 22.4. The Labute approximate surface area is 184 Å². The minimum atomic E-state index is -0.548. The van der Waals surface area contributed by atoms with E-state index in [9.17, 15) is 19.7 Å². The van der Waals surface area contributed by atoms with E-state index in [0.29, 0.717) is 16.9 Å². The molecule has 31 heavy (non-hydrogen) atoms. The minimum Gasteiger partial charge on any atom is -0.352 e. The Morgan fingerprint density at radius 2 is 2.06 bits per heavy atom. The fourth-order valence-corrected chi connectivity index (χ4v) is 4.30. The molecular weight excluding hydrogens is 420 g/mol. The first kappa shape index (κ1) is 22.7. The van der Waals surface area contributed by atoms with Crippen molar-refractivity contribution >= 4 is 29.3 Å². The average molecular weight is 447 g/mol. The van der Waals surface area contributed by atoms with Crippen molar-refractivity contribution in [3.05, 3.63) is 45.8 Å². The smallest absolute Gasteiger partial charge is 0.270 e. The van der Waals surface area contributed by atoms with E-state index in [1.165, 1.54) is 42.4 Å². The lowest BCUT2D eigenvalue weighted by atomic mass is 9.86. The van der Waals surface area contributed by atoms with Crippen molar-refractivity contribution in [3.63, 3.8) is 0 Å². The summed E-state index contributed by atoms with van der Waals surface area (Å²) in [5, 5.41) is 25.4. The van der Waals surface area contributed by atoms with Crippen LogP contribution in [-0.2, 0) is 18.4 Å². The Kier molecular flexibility index (Phi) is 7.61. The number of aromatic nitrogens is 3. The molecule has 1 aromatic heterocycles. The van der Waals surface area contributed by atoms with Gasteiger partial charge in [0, 0.05) is 30.8 Å². The molecule has 1 aromatic carbocycles. The number of hydrogen-bond donors (Lipinski definition) is 2. The predicted octanol–water partition coefficient (Wildman–Crippen LogP) is 2.44. The molecule has 1 saturated carbocycles. The van der Waals surface area contributed by atoms with Crippen LogP contribution in [0.3, 0.4) is 0 Å². The van der Waals surface area contributed by atoms with Crippen LogP contribution in [0.4, 0.5) is 5.69 Å². The van der Waals surface area contributed by atoms with Gasteiger partial charge in [0.1, 0.15) is 0 Å². The number of carbonyl (C=O) groups is 2. The van der Waals surface area contributed by atoms with E-state index < -0.39 is 10.8 Å². The molecule has 1 heterocycles. The van der Waals surface area contributed by atoms with E-state index >= 15 is 0 Å². The minimum absolute atomic E-state index is 0.0210. The van der Waals surface area contributed by atoms with E-state index in [0.717, 1.165) is 19.3 Å². The third-order valence-corrected chi connectivity index (χ3v) is 6.46. The SMILES string of the molecule is C[C@H]1CCCC[C@H]1NC(=O)CSc1nnc(CNC(=O)c2cccc([N+](=O)[O-])c2)n1C. The zero-order valence-corrected chi connectivity index (χ0v) is 18.4. The van der Waals surface area contributed by atoms with Gasteiger partial charge in [-0.25, -0.2) is 0 Å². The largest absolute Gasteiger partial charge is 0.352 e. The number of nitrogens with one attached hydrogen (secondary N) is 2. The Hall–Kier alpha value is -2.95. The normalized spacial score (nSPS) is 18.4. The second kappa shape index (κ2) is 10.4. The Morgan fingerprint density at radius 1 is 1.29 bits per heavy atom. The summed E-state index contributed by atoms with van der Waals surface area (Å²) in [6.07, 6.45) is 4.54. The van der Waals surface area contributed by atoms with Gasteiger partial charge in [-0.05, 0) is 24.8 Å². The van der Waals surface area contributed by atoms with Gasteiger partial charge in [0.15, 0.2) is 11.0 Å². The summed E-state index contributed by atoms with van der Waals surface area (Å²) in [5.41, 5.74) is 0.0467. The number of hydrogen-bond acceptors (Lipinski definition) is 7. The van der Waals surface area contributed by atoms with Crippen LogP contribution in [0, 0.1) is 16.0 Å². The quantitative estimate of drug-likeness (QED) is 0.361. The summed E-state index contributed by atoms with van der Waals surface area (Å²) in [7, 11) is 1.76. The van der Waals surface area contributed by atoms with Gasteiger partial charge in [-0.2, -0.15) is 0 Å². The van der Waals surface area contributed by atoms with Crippen molar-refractivity contribution in [3.8, 4) is 0 Å². The molecule has 0 radical (unpaired) electrons. The standard InChI is InChI=1S/C20H26N6O4S/c1-13-6-3-4-9-16(13)22-18(27)12-31-20-24-23-17(25(20)2)11-21-19(28)14-7-5-8-15(10-14)26(29)30/h5,7-8,10,13,16H,3-4,6,9,11-12H2,1-2H3,(H,21,28)(H,22,27)/t13-,16+/m0/s1. The van der Waals surface area contributed by atoms with Gasteiger partial charge < -0.3 is 15.2 Å². The van der Waals surface area contributed by atoms with Gasteiger partial charge in [0.05, 0.1) is 17.2 Å². The highest BCUT2D eigenvalue weighted by Gasteiger charge is 2.23. The topological polar surface area (TPSA) is 132 Å². The molecule has 2 atom stereocenters. The van der Waals surface area contributed by atoms with Crippen molar-refractivity contribution in [1.82, 2.24) is 25.4 Å². The maximum absolute atomic E-state index is 12.3. The van der Waals surface area contributed by atoms with E-state index in [2.05, 4.69) is 27.8 Å². The average Bonchev–Trinajstić information content (AvgIpc) is 3.11. The molecule has 2 amide bonds. The highest BCUT2D eigenvalue weighted by atomic mass is 32.2. The third kappa shape index (κ3) is 6.03. The molecular formula is C20H26N6O4S. The van der Waals surface area contributed by atoms with Crippen LogP contribution in [0.2, 0.25) is 0 Å². The first-order chi connectivity index (χ1) is 14.8. The highest BCUT2D eigenvalue weighted by Crippen LogP contribution is 2.24. The summed E-state index contributed by atoms with van der Waals surface area (Å²) in [6, 6.07) is 5.75. The fourth-order valence-electron chi connectivity index (χ4n) is 3.56. The van der Waals surface area contributed by atoms with Crippen molar-refractivity contribution in [2.75, 3.05) is 5.75 Å². The van der Waals surface area contributed by atoms with E-state index in [1.807, 2.05) is 0 Å². The van der Waals surface area contributed by atoms with Crippen LogP contribution in [-0.4, -0.2) is 43.3 Å². The summed E-state index contributed by atoms with van der Waals surface area (Å²) in [5.74, 6) is 0.797. The van der Waals surface area contributed by atoms with Crippen LogP contribution in [0.15, 0.2) is 29.4 Å². The number of thioether (sulfide) groups is 1. The van der Waals surface area contributed by atoms with Crippen molar-refractivity contribution in [2.45, 2.75) is 50.4 Å². The van der Waals surface area contributed by atoms with Crippen LogP contribution in [0.5, 0.6) is 0 Å². The number of amides is 2. The Balaban J connectivity index is 1.50. The van der Waals surface area contributed by atoms with Gasteiger partial charge >= 0.3 is 0 Å². The lowest BCUT2D eigenvalue weighted by molar-refractivity contribution is -0.384. The molecule has 11 heteroatoms. The molecule has 0 bridgehead atoms. The number of carbonyl (C=O) groups excluding carboxylic acids is 2. The molecule has 1 fully saturated rings. The number of nitrogens with zero attached hydrogens (tertiary/aromatic N) is 4. The first-order valence-corrected chi connectivity index (χ1v) is 11.2. The molecule has 10 nitrogen and oxygen atoms in total. The molecule has 3 rings (SSSR count). The van der Waals surface area contributed by atoms with Crippen molar-refractivity contribution in [2.24, 2.45) is 13.0 Å². The molecule has 1 aliphatic carbocycles. The summed E-state index contributed by atoms with van der Waals surface area (Å²) in [4.78, 5) is 34.9. The lowest BCUT2D eigenvalue weighted by Gasteiger charge is -2.29. The summed E-state index contributed by atoms with van der Waals surface area (Å²) >= 11 is 1.29. The monoisotopic (exact) mass is 446 g/mol. The molecule has 166 valence electrons. The van der Waals surface area contributed by atoms with E-state index in [4.69, 9.17) is 0 Å². The van der Waals surface area contributed by atoms with E-state index in [1.54, 1.807) is 11.6 Å². The van der Waals surface area contributed by atoms with Gasteiger partial charge in [0.2, 0.25) is 5.91 Å². The number of rotatable bonds is 8. The van der Waals surface area contributed by atoms with Gasteiger partial charge in [-0.3, -0.25) is 19.7 Å². The molecule has 0 spiro atoms. The molecule has 0 unspecified atom stereocenters. The molecule has 2 aromatic rings. The van der Waals surface area contributed by atoms with Crippen LogP contribution >= 0.6 is 11.8 Å². The maximum atomic E-state index is 12.3. The van der Waals surface area contributed by atoms with Gasteiger partial charge in [-0.1, -0.05) is 37.6 Å². The summed E-state index contributed by atoms with van der Waals surface area (Å²) in [6.45, 7) is 2.28. The van der Waals surface area contributed by atoms with Crippen LogP contribution in [0.25, 0.3) is 0 Å². The summed E-state index contributed by atoms with van der Waals surface area (Å²) < 4.78 is 1.72. The lowest BCUT2D eigenvalue weighted by Crippen LogP contribution is -2.41. The number of nitro benzene ring substituents is 1. The molecule has 1 aliphatic rings. The van der Waals surface area contributed by atoms with Gasteiger partial charge in [0.25, 0.3) is 11.6 Å². The number of nitro groups is 1. The molecule has 0 saturated heterocycles. The fraction of sp³-hybridized carbons (Fsp3) is 0.500. The van der Waals surface area contributed by atoms with Crippen molar-refractivity contribution < 1.29 is 14.5 Å². The zero-order valence-electron chi connectivity index (χ0n) is 17.5. The Morgan fingerprint density at radius 3 is 2.81 bits per heavy atom. The number of benzene rings is 1. The second-order valence-corrected chi connectivity index (χ2v) is 8.61. The Bertz CT molecular complexity index is 963. The van der Waals surface area contributed by atoms with Crippen LogP contribution < -0.4 is 10.6 Å². The second-order valence-electron chi connectivity index (χ2n) is 7.67. The molecule has 2 N–H and O–H groups in total. The van der Waals surface area contributed by atoms with Crippen LogP contribution in [0.1, 0.15) is 48.8 Å².